The lowest BCUT2D eigenvalue weighted by Crippen LogP contribution is -2.24. The maximum Gasteiger partial charge on any atom is 0.136 e. The van der Waals surface area contributed by atoms with Crippen molar-refractivity contribution in [1.82, 2.24) is 0 Å². The van der Waals surface area contributed by atoms with E-state index in [1.165, 1.54) is 11.1 Å². The molecule has 18 heavy (non-hydrogen) atoms. The smallest absolute Gasteiger partial charge is 0.136 e. The summed E-state index contributed by atoms with van der Waals surface area (Å²) in [5.41, 5.74) is 2.97. The molecule has 2 rings (SSSR count). The van der Waals surface area contributed by atoms with E-state index in [-0.39, 0.29) is 11.3 Å². The molecular weight excluding hydrogens is 220 g/mol. The van der Waals surface area contributed by atoms with E-state index in [2.05, 4.69) is 52.0 Å². The van der Waals surface area contributed by atoms with Crippen LogP contribution in [0.2, 0.25) is 0 Å². The van der Waals surface area contributed by atoms with E-state index in [1.807, 2.05) is 0 Å². The number of Topliss-reactive ketones (excluding diaryl/α,β-unsaturated/α-hetero) is 1. The van der Waals surface area contributed by atoms with Gasteiger partial charge in [-0.3, -0.25) is 4.79 Å². The standard InChI is InChI=1S/C17H24O/c1-12(17(2,3)4)9-16(18)15-10-13-7-5-6-8-14(13)11-15/h5-8,12,15H,9-11H2,1-4H3. The number of fused-ring (bicyclic) bond motifs is 1. The maximum atomic E-state index is 12.4. The predicted molar refractivity (Wildman–Crippen MR) is 75.6 cm³/mol. The first kappa shape index (κ1) is 13.3. The summed E-state index contributed by atoms with van der Waals surface area (Å²) >= 11 is 0. The summed E-state index contributed by atoms with van der Waals surface area (Å²) in [5, 5.41) is 0. The first-order chi connectivity index (χ1) is 8.38. The van der Waals surface area contributed by atoms with Crippen LogP contribution < -0.4 is 0 Å². The lowest BCUT2D eigenvalue weighted by Gasteiger charge is -2.27. The average Bonchev–Trinajstić information content (AvgIpc) is 2.71. The molecule has 0 spiro atoms. The third-order valence-electron chi connectivity index (χ3n) is 4.49. The zero-order chi connectivity index (χ0) is 13.3. The topological polar surface area (TPSA) is 17.1 Å². The zero-order valence-electron chi connectivity index (χ0n) is 12.0. The average molecular weight is 244 g/mol. The van der Waals surface area contributed by atoms with Gasteiger partial charge in [-0.25, -0.2) is 0 Å². The van der Waals surface area contributed by atoms with Crippen molar-refractivity contribution in [2.45, 2.75) is 47.0 Å². The number of ketones is 1. The maximum absolute atomic E-state index is 12.4. The Hall–Kier alpha value is -1.11. The molecule has 98 valence electrons. The molecule has 0 bridgehead atoms. The molecule has 1 aromatic carbocycles. The van der Waals surface area contributed by atoms with Gasteiger partial charge < -0.3 is 0 Å². The number of benzene rings is 1. The van der Waals surface area contributed by atoms with Gasteiger partial charge in [0.2, 0.25) is 0 Å². The highest BCUT2D eigenvalue weighted by Crippen LogP contribution is 2.32. The summed E-state index contributed by atoms with van der Waals surface area (Å²) in [4.78, 5) is 12.4. The Labute approximate surface area is 111 Å². The third-order valence-corrected chi connectivity index (χ3v) is 4.49. The van der Waals surface area contributed by atoms with Crippen molar-refractivity contribution >= 4 is 5.78 Å². The fourth-order valence-electron chi connectivity index (χ4n) is 2.56. The Kier molecular flexibility index (Phi) is 3.61. The van der Waals surface area contributed by atoms with E-state index in [0.717, 1.165) is 19.3 Å². The molecule has 0 N–H and O–H groups in total. The second-order valence-corrected chi connectivity index (χ2v) is 6.81. The molecule has 1 aliphatic carbocycles. The van der Waals surface area contributed by atoms with Crippen LogP contribution in [-0.2, 0) is 17.6 Å². The normalized spacial score (nSPS) is 17.6. The third kappa shape index (κ3) is 2.82. The van der Waals surface area contributed by atoms with Crippen LogP contribution in [-0.4, -0.2) is 5.78 Å². The largest absolute Gasteiger partial charge is 0.299 e. The van der Waals surface area contributed by atoms with Gasteiger partial charge in [-0.1, -0.05) is 52.0 Å². The molecule has 0 saturated heterocycles. The van der Waals surface area contributed by atoms with Crippen molar-refractivity contribution in [2.24, 2.45) is 17.3 Å². The molecular formula is C17H24O. The highest BCUT2D eigenvalue weighted by molar-refractivity contribution is 5.82. The van der Waals surface area contributed by atoms with Crippen molar-refractivity contribution in [1.29, 1.82) is 0 Å². The summed E-state index contributed by atoms with van der Waals surface area (Å²) < 4.78 is 0. The molecule has 0 radical (unpaired) electrons. The first-order valence-electron chi connectivity index (χ1n) is 6.97. The lowest BCUT2D eigenvalue weighted by molar-refractivity contribution is -0.124. The van der Waals surface area contributed by atoms with E-state index in [4.69, 9.17) is 0 Å². The second-order valence-electron chi connectivity index (χ2n) is 6.81. The van der Waals surface area contributed by atoms with Crippen LogP contribution in [0.4, 0.5) is 0 Å². The van der Waals surface area contributed by atoms with E-state index < -0.39 is 0 Å². The monoisotopic (exact) mass is 244 g/mol. The molecule has 0 aliphatic heterocycles. The predicted octanol–water partition coefficient (Wildman–Crippen LogP) is 4.04. The van der Waals surface area contributed by atoms with Gasteiger partial charge in [-0.2, -0.15) is 0 Å². The number of hydrogen-bond donors (Lipinski definition) is 0. The van der Waals surface area contributed by atoms with Gasteiger partial charge in [-0.15, -0.1) is 0 Å². The summed E-state index contributed by atoms with van der Waals surface area (Å²) in [6, 6.07) is 8.47. The van der Waals surface area contributed by atoms with Crippen LogP contribution in [0.15, 0.2) is 24.3 Å². The first-order valence-corrected chi connectivity index (χ1v) is 6.97. The molecule has 1 atom stereocenters. The van der Waals surface area contributed by atoms with Crippen molar-refractivity contribution in [3.05, 3.63) is 35.4 Å². The molecule has 1 aliphatic rings. The Morgan fingerprint density at radius 1 is 1.22 bits per heavy atom. The number of carbonyl (C=O) groups excluding carboxylic acids is 1. The van der Waals surface area contributed by atoms with Crippen LogP contribution in [0, 0.1) is 17.3 Å². The van der Waals surface area contributed by atoms with Crippen molar-refractivity contribution in [2.75, 3.05) is 0 Å². The van der Waals surface area contributed by atoms with Gasteiger partial charge in [0.15, 0.2) is 0 Å². The Morgan fingerprint density at radius 3 is 2.17 bits per heavy atom. The Bertz CT molecular complexity index is 414. The molecule has 1 nitrogen and oxygen atoms in total. The molecule has 0 aromatic heterocycles. The fraction of sp³-hybridized carbons (Fsp3) is 0.588. The van der Waals surface area contributed by atoms with Crippen LogP contribution >= 0.6 is 0 Å². The molecule has 0 fully saturated rings. The quantitative estimate of drug-likeness (QED) is 0.784. The Balaban J connectivity index is 1.98. The van der Waals surface area contributed by atoms with Crippen molar-refractivity contribution in [3.8, 4) is 0 Å². The van der Waals surface area contributed by atoms with Gasteiger partial charge in [0.05, 0.1) is 0 Å². The van der Waals surface area contributed by atoms with E-state index in [1.54, 1.807) is 0 Å². The second kappa shape index (κ2) is 4.87. The van der Waals surface area contributed by atoms with Gasteiger partial charge >= 0.3 is 0 Å². The zero-order valence-corrected chi connectivity index (χ0v) is 12.0. The SMILES string of the molecule is CC(CC(=O)C1Cc2ccccc2C1)C(C)(C)C. The Morgan fingerprint density at radius 2 is 1.72 bits per heavy atom. The van der Waals surface area contributed by atoms with E-state index >= 15 is 0 Å². The lowest BCUT2D eigenvalue weighted by atomic mass is 9.77. The number of carbonyl (C=O) groups is 1. The van der Waals surface area contributed by atoms with Crippen molar-refractivity contribution in [3.63, 3.8) is 0 Å². The van der Waals surface area contributed by atoms with Crippen LogP contribution in [0.3, 0.4) is 0 Å². The van der Waals surface area contributed by atoms with E-state index in [9.17, 15) is 4.79 Å². The van der Waals surface area contributed by atoms with Gasteiger partial charge in [0, 0.05) is 12.3 Å². The molecule has 0 heterocycles. The fourth-order valence-corrected chi connectivity index (χ4v) is 2.56. The summed E-state index contributed by atoms with van der Waals surface area (Å²) in [6.45, 7) is 8.84. The van der Waals surface area contributed by atoms with Crippen LogP contribution in [0.1, 0.15) is 45.2 Å². The van der Waals surface area contributed by atoms with Gasteiger partial charge in [0.1, 0.15) is 5.78 Å². The molecule has 1 aromatic rings. The minimum absolute atomic E-state index is 0.223. The highest BCUT2D eigenvalue weighted by atomic mass is 16.1. The van der Waals surface area contributed by atoms with E-state index in [0.29, 0.717) is 11.7 Å². The minimum atomic E-state index is 0.223. The summed E-state index contributed by atoms with van der Waals surface area (Å²) in [5.74, 6) is 1.13. The van der Waals surface area contributed by atoms with Crippen LogP contribution in [0.5, 0.6) is 0 Å². The molecule has 0 saturated carbocycles. The molecule has 0 amide bonds. The van der Waals surface area contributed by atoms with Gasteiger partial charge in [-0.05, 0) is 35.3 Å². The van der Waals surface area contributed by atoms with Crippen LogP contribution in [0.25, 0.3) is 0 Å². The van der Waals surface area contributed by atoms with Gasteiger partial charge in [0.25, 0.3) is 0 Å². The number of rotatable bonds is 3. The minimum Gasteiger partial charge on any atom is -0.299 e. The number of hydrogen-bond acceptors (Lipinski definition) is 1. The molecule has 1 unspecified atom stereocenters. The highest BCUT2D eigenvalue weighted by Gasteiger charge is 2.30. The van der Waals surface area contributed by atoms with Crippen molar-refractivity contribution < 1.29 is 4.79 Å². The summed E-state index contributed by atoms with van der Waals surface area (Å²) in [6.07, 6.45) is 2.62. The summed E-state index contributed by atoms with van der Waals surface area (Å²) in [7, 11) is 0. The molecule has 1 heteroatoms.